The van der Waals surface area contributed by atoms with Crippen LogP contribution in [0.15, 0.2) is 47.6 Å². The lowest BCUT2D eigenvalue weighted by Gasteiger charge is -2.26. The number of nitrogens with one attached hydrogen (secondary N) is 1. The van der Waals surface area contributed by atoms with Crippen LogP contribution in [0.2, 0.25) is 0 Å². The fourth-order valence-corrected chi connectivity index (χ4v) is 2.78. The fourth-order valence-electron chi connectivity index (χ4n) is 2.78. The molecule has 3 N–H and O–H groups in total. The Balaban J connectivity index is 1.63. The molecule has 1 atom stereocenters. The number of hydrogen-bond donors (Lipinski definition) is 2. The topological polar surface area (TPSA) is 91.0 Å². The average Bonchev–Trinajstić information content (AvgIpc) is 2.68. The molecule has 0 saturated carbocycles. The van der Waals surface area contributed by atoms with E-state index in [1.54, 1.807) is 13.3 Å². The van der Waals surface area contributed by atoms with Crippen molar-refractivity contribution in [2.45, 2.75) is 19.0 Å². The van der Waals surface area contributed by atoms with Gasteiger partial charge in [0.25, 0.3) is 0 Å². The first-order valence-corrected chi connectivity index (χ1v) is 8.61. The summed E-state index contributed by atoms with van der Waals surface area (Å²) in [5, 5.41) is 3.28. The van der Waals surface area contributed by atoms with Crippen LogP contribution in [0.4, 0.5) is 0 Å². The number of aliphatic imine (C=N–C) groups is 1. The second-order valence-corrected chi connectivity index (χ2v) is 5.88. The van der Waals surface area contributed by atoms with Gasteiger partial charge in [-0.3, -0.25) is 0 Å². The van der Waals surface area contributed by atoms with E-state index in [1.807, 2.05) is 36.4 Å². The first kappa shape index (κ1) is 18.0. The van der Waals surface area contributed by atoms with Gasteiger partial charge in [-0.2, -0.15) is 0 Å². The Morgan fingerprint density at radius 1 is 1.31 bits per heavy atom. The second kappa shape index (κ2) is 9.05. The van der Waals surface area contributed by atoms with Crippen molar-refractivity contribution in [1.82, 2.24) is 10.3 Å². The molecule has 0 radical (unpaired) electrons. The number of nitrogens with zero attached hydrogens (tertiary/aromatic N) is 2. The zero-order valence-corrected chi connectivity index (χ0v) is 14.9. The van der Waals surface area contributed by atoms with E-state index in [4.69, 9.17) is 19.9 Å². The van der Waals surface area contributed by atoms with Crippen molar-refractivity contribution in [1.29, 1.82) is 0 Å². The lowest BCUT2D eigenvalue weighted by molar-refractivity contribution is 0.143. The van der Waals surface area contributed by atoms with Gasteiger partial charge in [0.1, 0.15) is 12.4 Å². The van der Waals surface area contributed by atoms with E-state index < -0.39 is 0 Å². The normalized spacial score (nSPS) is 16.5. The van der Waals surface area contributed by atoms with Crippen LogP contribution in [-0.2, 0) is 11.3 Å². The summed E-state index contributed by atoms with van der Waals surface area (Å²) in [5.74, 6) is 1.83. The number of methoxy groups -OCH3 is 1. The lowest BCUT2D eigenvalue weighted by Crippen LogP contribution is -2.37. The quantitative estimate of drug-likeness (QED) is 0.448. The van der Waals surface area contributed by atoms with E-state index in [2.05, 4.69) is 15.3 Å². The molecular formula is C19H24N4O3. The number of hydrogen-bond acceptors (Lipinski definition) is 5. The molecule has 1 aromatic carbocycles. The molecule has 0 aliphatic carbocycles. The molecule has 7 heteroatoms. The molecule has 0 spiro atoms. The Labute approximate surface area is 153 Å². The third kappa shape index (κ3) is 4.64. The summed E-state index contributed by atoms with van der Waals surface area (Å²) >= 11 is 0. The predicted octanol–water partition coefficient (Wildman–Crippen LogP) is 2.03. The first-order valence-electron chi connectivity index (χ1n) is 8.61. The second-order valence-electron chi connectivity index (χ2n) is 5.88. The van der Waals surface area contributed by atoms with E-state index in [0.717, 1.165) is 23.3 Å². The van der Waals surface area contributed by atoms with E-state index in [1.165, 1.54) is 0 Å². The summed E-state index contributed by atoms with van der Waals surface area (Å²) in [6, 6.07) is 11.8. The van der Waals surface area contributed by atoms with Gasteiger partial charge in [0.2, 0.25) is 5.88 Å². The number of benzene rings is 1. The molecule has 3 rings (SSSR count). The van der Waals surface area contributed by atoms with Gasteiger partial charge in [-0.1, -0.05) is 24.3 Å². The van der Waals surface area contributed by atoms with Crippen LogP contribution < -0.4 is 20.5 Å². The SMILES string of the molecule is COCCOc1ncccc1CN=C(N)NC1CCOc2ccccc21. The first-order chi connectivity index (χ1) is 12.8. The molecule has 1 aromatic heterocycles. The summed E-state index contributed by atoms with van der Waals surface area (Å²) < 4.78 is 16.3. The Morgan fingerprint density at radius 3 is 3.08 bits per heavy atom. The van der Waals surface area contributed by atoms with E-state index in [-0.39, 0.29) is 6.04 Å². The molecule has 0 fully saturated rings. The summed E-state index contributed by atoms with van der Waals surface area (Å²) in [6.07, 6.45) is 2.53. The Bertz CT molecular complexity index is 751. The number of ether oxygens (including phenoxy) is 3. The molecule has 0 saturated heterocycles. The summed E-state index contributed by atoms with van der Waals surface area (Å²) in [5.41, 5.74) is 8.07. The lowest BCUT2D eigenvalue weighted by atomic mass is 10.0. The predicted molar refractivity (Wildman–Crippen MR) is 99.4 cm³/mol. The van der Waals surface area contributed by atoms with Gasteiger partial charge in [0.15, 0.2) is 5.96 Å². The minimum Gasteiger partial charge on any atom is -0.493 e. The van der Waals surface area contributed by atoms with Crippen LogP contribution in [0, 0.1) is 0 Å². The van der Waals surface area contributed by atoms with Gasteiger partial charge in [-0.25, -0.2) is 9.98 Å². The molecule has 2 aromatic rings. The van der Waals surface area contributed by atoms with E-state index >= 15 is 0 Å². The van der Waals surface area contributed by atoms with Crippen LogP contribution in [-0.4, -0.2) is 37.9 Å². The van der Waals surface area contributed by atoms with Crippen molar-refractivity contribution in [2.75, 3.05) is 26.9 Å². The average molecular weight is 356 g/mol. The molecule has 26 heavy (non-hydrogen) atoms. The van der Waals surface area contributed by atoms with Crippen molar-refractivity contribution in [3.8, 4) is 11.6 Å². The van der Waals surface area contributed by atoms with Gasteiger partial charge >= 0.3 is 0 Å². The number of fused-ring (bicyclic) bond motifs is 1. The number of nitrogens with two attached hydrogens (primary N) is 1. The fraction of sp³-hybridized carbons (Fsp3) is 0.368. The van der Waals surface area contributed by atoms with E-state index in [9.17, 15) is 0 Å². The summed E-state index contributed by atoms with van der Waals surface area (Å²) in [6.45, 7) is 1.99. The van der Waals surface area contributed by atoms with E-state index in [0.29, 0.717) is 38.2 Å². The maximum atomic E-state index is 6.10. The Kier molecular flexibility index (Phi) is 6.27. The maximum Gasteiger partial charge on any atom is 0.218 e. The van der Waals surface area contributed by atoms with Crippen molar-refractivity contribution >= 4 is 5.96 Å². The number of rotatable bonds is 7. The molecule has 1 unspecified atom stereocenters. The van der Waals surface area contributed by atoms with Crippen LogP contribution in [0.3, 0.4) is 0 Å². The number of guanidine groups is 1. The molecule has 1 aliphatic heterocycles. The van der Waals surface area contributed by atoms with Crippen LogP contribution in [0.5, 0.6) is 11.6 Å². The molecule has 2 heterocycles. The molecule has 138 valence electrons. The summed E-state index contributed by atoms with van der Waals surface area (Å²) in [7, 11) is 1.63. The number of pyridine rings is 1. The smallest absolute Gasteiger partial charge is 0.218 e. The standard InChI is InChI=1S/C19H24N4O3/c1-24-11-12-26-18-14(5-4-9-21-18)13-22-19(20)23-16-8-10-25-17-7-3-2-6-15(16)17/h2-7,9,16H,8,10-13H2,1H3,(H3,20,22,23). The zero-order chi connectivity index (χ0) is 18.2. The molecular weight excluding hydrogens is 332 g/mol. The molecule has 0 bridgehead atoms. The van der Waals surface area contributed by atoms with Gasteiger partial charge in [-0.05, 0) is 12.1 Å². The minimum atomic E-state index is 0.0926. The number of aromatic nitrogens is 1. The van der Waals surface area contributed by atoms with Gasteiger partial charge in [-0.15, -0.1) is 0 Å². The van der Waals surface area contributed by atoms with Crippen molar-refractivity contribution in [3.05, 3.63) is 53.7 Å². The monoisotopic (exact) mass is 356 g/mol. The van der Waals surface area contributed by atoms with Gasteiger partial charge in [0, 0.05) is 30.9 Å². The highest BCUT2D eigenvalue weighted by Crippen LogP contribution is 2.31. The molecule has 1 aliphatic rings. The summed E-state index contributed by atoms with van der Waals surface area (Å²) in [4.78, 5) is 8.69. The highest BCUT2D eigenvalue weighted by atomic mass is 16.5. The van der Waals surface area contributed by atoms with Crippen molar-refractivity contribution < 1.29 is 14.2 Å². The minimum absolute atomic E-state index is 0.0926. The third-order valence-corrected chi connectivity index (χ3v) is 4.08. The van der Waals surface area contributed by atoms with Crippen LogP contribution in [0.25, 0.3) is 0 Å². The highest BCUT2D eigenvalue weighted by molar-refractivity contribution is 5.78. The zero-order valence-electron chi connectivity index (χ0n) is 14.9. The number of para-hydroxylation sites is 1. The highest BCUT2D eigenvalue weighted by Gasteiger charge is 2.21. The van der Waals surface area contributed by atoms with Crippen molar-refractivity contribution in [3.63, 3.8) is 0 Å². The third-order valence-electron chi connectivity index (χ3n) is 4.08. The molecule has 0 amide bonds. The maximum absolute atomic E-state index is 6.10. The van der Waals surface area contributed by atoms with Crippen molar-refractivity contribution in [2.24, 2.45) is 10.7 Å². The van der Waals surface area contributed by atoms with Crippen LogP contribution in [0.1, 0.15) is 23.6 Å². The van der Waals surface area contributed by atoms with Crippen LogP contribution >= 0.6 is 0 Å². The Hall–Kier alpha value is -2.80. The molecule has 7 nitrogen and oxygen atoms in total. The van der Waals surface area contributed by atoms with Gasteiger partial charge < -0.3 is 25.3 Å². The Morgan fingerprint density at radius 2 is 2.19 bits per heavy atom. The van der Waals surface area contributed by atoms with Gasteiger partial charge in [0.05, 0.1) is 25.8 Å². The largest absolute Gasteiger partial charge is 0.493 e.